The van der Waals surface area contributed by atoms with Crippen LogP contribution in [0, 0.1) is 0 Å². The van der Waals surface area contributed by atoms with E-state index in [1.165, 1.54) is 0 Å². The van der Waals surface area contributed by atoms with Gasteiger partial charge in [-0.15, -0.1) is 24.8 Å². The summed E-state index contributed by atoms with van der Waals surface area (Å²) in [5.41, 5.74) is 0.440. The van der Waals surface area contributed by atoms with Crippen molar-refractivity contribution >= 4 is 30.7 Å². The molecule has 1 amide bonds. The number of benzene rings is 1. The number of morpholine rings is 1. The van der Waals surface area contributed by atoms with Gasteiger partial charge in [0.1, 0.15) is 11.4 Å². The third kappa shape index (κ3) is 6.44. The Morgan fingerprint density at radius 2 is 1.79 bits per heavy atom. The summed E-state index contributed by atoms with van der Waals surface area (Å²) in [6.07, 6.45) is 1.39. The maximum absolute atomic E-state index is 12.9. The summed E-state index contributed by atoms with van der Waals surface area (Å²) in [6.45, 7) is 5.28. The van der Waals surface area contributed by atoms with E-state index in [2.05, 4.69) is 27.7 Å². The first kappa shape index (κ1) is 25.9. The van der Waals surface area contributed by atoms with Gasteiger partial charge in [-0.25, -0.2) is 0 Å². The number of piperidine rings is 1. The van der Waals surface area contributed by atoms with Crippen molar-refractivity contribution in [3.63, 3.8) is 0 Å². The van der Waals surface area contributed by atoms with Gasteiger partial charge in [0.25, 0.3) is 5.91 Å². The van der Waals surface area contributed by atoms with E-state index in [0.717, 1.165) is 37.5 Å². The smallest absolute Gasteiger partial charge is 0.252 e. The fraction of sp³-hybridized carbons (Fsp3) is 0.650. The van der Waals surface area contributed by atoms with Gasteiger partial charge >= 0.3 is 0 Å². The molecule has 2 fully saturated rings. The Morgan fingerprint density at radius 3 is 2.34 bits per heavy atom. The van der Waals surface area contributed by atoms with E-state index in [-0.39, 0.29) is 36.8 Å². The van der Waals surface area contributed by atoms with E-state index in [0.29, 0.717) is 32.6 Å². The van der Waals surface area contributed by atoms with Gasteiger partial charge in [0.05, 0.1) is 26.4 Å². The van der Waals surface area contributed by atoms with Gasteiger partial charge in [0.15, 0.2) is 0 Å². The zero-order valence-electron chi connectivity index (χ0n) is 17.1. The van der Waals surface area contributed by atoms with Crippen LogP contribution >= 0.6 is 24.8 Å². The molecule has 9 heteroatoms. The number of hydrogen-bond acceptors (Lipinski definition) is 6. The fourth-order valence-electron chi connectivity index (χ4n) is 3.88. The molecule has 166 valence electrons. The molecule has 0 radical (unpaired) electrons. The Bertz CT molecular complexity index is 606. The van der Waals surface area contributed by atoms with E-state index >= 15 is 0 Å². The number of nitrogens with zero attached hydrogens (tertiary/aromatic N) is 1. The Kier molecular flexibility index (Phi) is 11.2. The molecule has 3 rings (SSSR count). The monoisotopic (exact) mass is 449 g/mol. The van der Waals surface area contributed by atoms with Crippen molar-refractivity contribution in [1.29, 1.82) is 0 Å². The lowest BCUT2D eigenvalue weighted by atomic mass is 9.91. The summed E-state index contributed by atoms with van der Waals surface area (Å²) in [6, 6.07) is 8.17. The van der Waals surface area contributed by atoms with Crippen LogP contribution in [0.5, 0.6) is 5.75 Å². The number of carbonyl (C=O) groups is 1. The molecule has 0 spiro atoms. The van der Waals surface area contributed by atoms with Gasteiger partial charge in [-0.2, -0.15) is 0 Å². The van der Waals surface area contributed by atoms with Crippen molar-refractivity contribution in [2.24, 2.45) is 0 Å². The second kappa shape index (κ2) is 12.6. The molecule has 2 aliphatic heterocycles. The quantitative estimate of drug-likeness (QED) is 0.660. The number of ether oxygens (including phenoxy) is 3. The van der Waals surface area contributed by atoms with Crippen molar-refractivity contribution in [3.05, 3.63) is 29.8 Å². The van der Waals surface area contributed by atoms with Crippen LogP contribution in [0.25, 0.3) is 0 Å². The van der Waals surface area contributed by atoms with Gasteiger partial charge in [0.2, 0.25) is 0 Å². The van der Waals surface area contributed by atoms with Crippen LogP contribution in [-0.4, -0.2) is 76.6 Å². The van der Waals surface area contributed by atoms with E-state index in [1.807, 2.05) is 12.1 Å². The van der Waals surface area contributed by atoms with Crippen LogP contribution in [0.2, 0.25) is 0 Å². The Hall–Kier alpha value is -1.09. The molecule has 7 nitrogen and oxygen atoms in total. The minimum atomic E-state index is -0.722. The number of carbonyl (C=O) groups excluding carboxylic acids is 1. The summed E-state index contributed by atoms with van der Waals surface area (Å²) >= 11 is 0. The number of methoxy groups -OCH3 is 2. The number of hydrogen-bond donors (Lipinski definition) is 2. The first-order chi connectivity index (χ1) is 13.2. The predicted octanol–water partition coefficient (Wildman–Crippen LogP) is 1.80. The molecular weight excluding hydrogens is 417 g/mol. The third-order valence-corrected chi connectivity index (χ3v) is 5.66. The van der Waals surface area contributed by atoms with Crippen LogP contribution in [-0.2, 0) is 14.3 Å². The summed E-state index contributed by atoms with van der Waals surface area (Å²) in [5, 5.41) is 6.45. The Labute approximate surface area is 185 Å². The first-order valence-corrected chi connectivity index (χ1v) is 9.68. The maximum Gasteiger partial charge on any atom is 0.252 e. The highest BCUT2D eigenvalue weighted by Crippen LogP contribution is 2.26. The molecule has 0 aromatic heterocycles. The SMILES string of the molecule is COc1ccc(C(CNC(=O)C2(OC)CCNCC2)N2CCOCC2)cc1.Cl.Cl. The average molecular weight is 450 g/mol. The molecule has 2 saturated heterocycles. The number of halogens is 2. The van der Waals surface area contributed by atoms with Crippen LogP contribution in [0.3, 0.4) is 0 Å². The lowest BCUT2D eigenvalue weighted by molar-refractivity contribution is -0.147. The fourth-order valence-corrected chi connectivity index (χ4v) is 3.88. The molecule has 29 heavy (non-hydrogen) atoms. The van der Waals surface area contributed by atoms with Gasteiger partial charge in [-0.3, -0.25) is 9.69 Å². The van der Waals surface area contributed by atoms with Crippen molar-refractivity contribution in [3.8, 4) is 5.75 Å². The summed E-state index contributed by atoms with van der Waals surface area (Å²) in [5.74, 6) is 0.815. The number of amides is 1. The van der Waals surface area contributed by atoms with E-state index in [9.17, 15) is 4.79 Å². The van der Waals surface area contributed by atoms with Crippen molar-refractivity contribution in [2.75, 3.05) is 60.2 Å². The second-order valence-electron chi connectivity index (χ2n) is 7.10. The molecule has 1 atom stereocenters. The standard InChI is InChI=1S/C20H31N3O4.2ClH/c1-25-17-5-3-16(4-6-17)18(23-11-13-27-14-12-23)15-22-19(24)20(26-2)7-9-21-10-8-20;;/h3-6,18,21H,7-15H2,1-2H3,(H,22,24);2*1H. The van der Waals surface area contributed by atoms with Gasteiger partial charge < -0.3 is 24.8 Å². The lowest BCUT2D eigenvalue weighted by Crippen LogP contribution is -2.55. The summed E-state index contributed by atoms with van der Waals surface area (Å²) in [4.78, 5) is 15.3. The van der Waals surface area contributed by atoms with Crippen molar-refractivity contribution in [2.45, 2.75) is 24.5 Å². The third-order valence-electron chi connectivity index (χ3n) is 5.66. The van der Waals surface area contributed by atoms with Crippen LogP contribution in [0.15, 0.2) is 24.3 Å². The Morgan fingerprint density at radius 1 is 1.17 bits per heavy atom. The molecule has 0 aliphatic carbocycles. The molecule has 2 N–H and O–H groups in total. The minimum absolute atomic E-state index is 0. The van der Waals surface area contributed by atoms with Crippen LogP contribution in [0.1, 0.15) is 24.4 Å². The first-order valence-electron chi connectivity index (χ1n) is 9.68. The number of rotatable bonds is 7. The molecule has 0 bridgehead atoms. The van der Waals surface area contributed by atoms with E-state index in [4.69, 9.17) is 14.2 Å². The lowest BCUT2D eigenvalue weighted by Gasteiger charge is -2.37. The molecule has 2 aliphatic rings. The molecule has 0 saturated carbocycles. The van der Waals surface area contributed by atoms with E-state index in [1.54, 1.807) is 14.2 Å². The van der Waals surface area contributed by atoms with Gasteiger partial charge in [-0.05, 0) is 43.6 Å². The van der Waals surface area contributed by atoms with Crippen LogP contribution in [0.4, 0.5) is 0 Å². The van der Waals surface area contributed by atoms with Crippen molar-refractivity contribution < 1.29 is 19.0 Å². The largest absolute Gasteiger partial charge is 0.497 e. The molecule has 1 unspecified atom stereocenters. The van der Waals surface area contributed by atoms with Crippen LogP contribution < -0.4 is 15.4 Å². The maximum atomic E-state index is 12.9. The second-order valence-corrected chi connectivity index (χ2v) is 7.10. The predicted molar refractivity (Wildman–Crippen MR) is 117 cm³/mol. The highest BCUT2D eigenvalue weighted by molar-refractivity contribution is 5.86. The van der Waals surface area contributed by atoms with Crippen molar-refractivity contribution in [1.82, 2.24) is 15.5 Å². The summed E-state index contributed by atoms with van der Waals surface area (Å²) < 4.78 is 16.4. The molecule has 1 aromatic carbocycles. The average Bonchev–Trinajstić information content (AvgIpc) is 2.75. The normalized spacial score (nSPS) is 19.9. The molecule has 1 aromatic rings. The van der Waals surface area contributed by atoms with E-state index < -0.39 is 5.60 Å². The zero-order chi connectivity index (χ0) is 19.1. The topological polar surface area (TPSA) is 72.1 Å². The molecule has 2 heterocycles. The van der Waals surface area contributed by atoms with Gasteiger partial charge in [-0.1, -0.05) is 12.1 Å². The number of nitrogens with one attached hydrogen (secondary N) is 2. The highest BCUT2D eigenvalue weighted by Gasteiger charge is 2.40. The highest BCUT2D eigenvalue weighted by atomic mass is 35.5. The Balaban J connectivity index is 0.00000210. The zero-order valence-corrected chi connectivity index (χ0v) is 18.8. The van der Waals surface area contributed by atoms with Gasteiger partial charge in [0, 0.05) is 26.7 Å². The summed E-state index contributed by atoms with van der Waals surface area (Å²) in [7, 11) is 3.30. The minimum Gasteiger partial charge on any atom is -0.497 e. The molecular formula is C20H33Cl2N3O4.